The Morgan fingerprint density at radius 3 is 2.76 bits per heavy atom. The SMILES string of the molecule is Cc1ccc(CN(C(=O)c2cccs2)c2ccccn2)o1. The van der Waals surface area contributed by atoms with Crippen molar-refractivity contribution in [3.05, 3.63) is 70.4 Å². The molecule has 0 N–H and O–H groups in total. The lowest BCUT2D eigenvalue weighted by Crippen LogP contribution is -2.30. The minimum atomic E-state index is -0.0715. The number of carbonyl (C=O) groups excluding carboxylic acids is 1. The van der Waals surface area contributed by atoms with Gasteiger partial charge in [0.25, 0.3) is 5.91 Å². The number of rotatable bonds is 4. The largest absolute Gasteiger partial charge is 0.464 e. The highest BCUT2D eigenvalue weighted by molar-refractivity contribution is 7.12. The molecule has 0 aliphatic carbocycles. The highest BCUT2D eigenvalue weighted by Gasteiger charge is 2.21. The van der Waals surface area contributed by atoms with Crippen LogP contribution >= 0.6 is 11.3 Å². The normalized spacial score (nSPS) is 10.5. The van der Waals surface area contributed by atoms with Crippen LogP contribution in [0, 0.1) is 6.92 Å². The maximum atomic E-state index is 12.7. The molecule has 0 aromatic carbocycles. The summed E-state index contributed by atoms with van der Waals surface area (Å²) in [5.74, 6) is 2.11. The molecular formula is C16H14N2O2S. The number of anilines is 1. The Bertz CT molecular complexity index is 720. The molecule has 0 aliphatic rings. The molecular weight excluding hydrogens is 284 g/mol. The van der Waals surface area contributed by atoms with Crippen molar-refractivity contribution in [2.45, 2.75) is 13.5 Å². The molecule has 4 nitrogen and oxygen atoms in total. The van der Waals surface area contributed by atoms with Crippen molar-refractivity contribution >= 4 is 23.1 Å². The van der Waals surface area contributed by atoms with E-state index in [1.807, 2.05) is 54.8 Å². The van der Waals surface area contributed by atoms with Gasteiger partial charge < -0.3 is 4.42 Å². The van der Waals surface area contributed by atoms with Crippen LogP contribution in [-0.2, 0) is 6.54 Å². The lowest BCUT2D eigenvalue weighted by Gasteiger charge is -2.19. The van der Waals surface area contributed by atoms with E-state index in [9.17, 15) is 4.79 Å². The molecule has 1 amide bonds. The number of furan rings is 1. The Morgan fingerprint density at radius 2 is 2.14 bits per heavy atom. The summed E-state index contributed by atoms with van der Waals surface area (Å²) >= 11 is 1.42. The molecule has 0 saturated heterocycles. The summed E-state index contributed by atoms with van der Waals surface area (Å²) in [7, 11) is 0. The second-order valence-electron chi connectivity index (χ2n) is 4.57. The molecule has 0 spiro atoms. The topological polar surface area (TPSA) is 46.3 Å². The average Bonchev–Trinajstić information content (AvgIpc) is 3.16. The summed E-state index contributed by atoms with van der Waals surface area (Å²) in [5, 5.41) is 1.89. The Labute approximate surface area is 126 Å². The van der Waals surface area contributed by atoms with Gasteiger partial charge >= 0.3 is 0 Å². The number of amides is 1. The summed E-state index contributed by atoms with van der Waals surface area (Å²) in [4.78, 5) is 19.3. The molecule has 0 saturated carbocycles. The quantitative estimate of drug-likeness (QED) is 0.734. The molecule has 5 heteroatoms. The standard InChI is InChI=1S/C16H14N2O2S/c1-12-7-8-13(20-12)11-18(15-6-2-3-9-17-15)16(19)14-5-4-10-21-14/h2-10H,11H2,1H3. The van der Waals surface area contributed by atoms with Crippen LogP contribution < -0.4 is 4.90 Å². The number of hydrogen-bond acceptors (Lipinski definition) is 4. The van der Waals surface area contributed by atoms with E-state index in [4.69, 9.17) is 4.42 Å². The zero-order valence-electron chi connectivity index (χ0n) is 11.5. The molecule has 0 bridgehead atoms. The highest BCUT2D eigenvalue weighted by Crippen LogP contribution is 2.21. The minimum absolute atomic E-state index is 0.0715. The number of aromatic nitrogens is 1. The molecule has 0 unspecified atom stereocenters. The van der Waals surface area contributed by atoms with Gasteiger partial charge in [-0.2, -0.15) is 0 Å². The highest BCUT2D eigenvalue weighted by atomic mass is 32.1. The van der Waals surface area contributed by atoms with Crippen molar-refractivity contribution in [3.63, 3.8) is 0 Å². The number of carbonyl (C=O) groups is 1. The lowest BCUT2D eigenvalue weighted by molar-refractivity contribution is 0.0986. The van der Waals surface area contributed by atoms with Crippen LogP contribution in [0.3, 0.4) is 0 Å². The van der Waals surface area contributed by atoms with E-state index >= 15 is 0 Å². The van der Waals surface area contributed by atoms with E-state index in [0.29, 0.717) is 17.2 Å². The molecule has 0 radical (unpaired) electrons. The van der Waals surface area contributed by atoms with Crippen LogP contribution in [0.4, 0.5) is 5.82 Å². The average molecular weight is 298 g/mol. The van der Waals surface area contributed by atoms with E-state index in [1.165, 1.54) is 11.3 Å². The number of aryl methyl sites for hydroxylation is 1. The molecule has 106 valence electrons. The van der Waals surface area contributed by atoms with Gasteiger partial charge in [0.05, 0.1) is 11.4 Å². The summed E-state index contributed by atoms with van der Waals surface area (Å²) in [5.41, 5.74) is 0. The van der Waals surface area contributed by atoms with Crippen molar-refractivity contribution in [3.8, 4) is 0 Å². The van der Waals surface area contributed by atoms with Crippen LogP contribution in [0.25, 0.3) is 0 Å². The van der Waals surface area contributed by atoms with Crippen LogP contribution in [0.2, 0.25) is 0 Å². The maximum absolute atomic E-state index is 12.7. The Balaban J connectivity index is 1.93. The van der Waals surface area contributed by atoms with Crippen LogP contribution in [0.15, 0.2) is 58.5 Å². The smallest absolute Gasteiger partial charge is 0.269 e. The zero-order valence-corrected chi connectivity index (χ0v) is 12.3. The van der Waals surface area contributed by atoms with Gasteiger partial charge in [0, 0.05) is 6.20 Å². The number of pyridine rings is 1. The van der Waals surface area contributed by atoms with Crippen molar-refractivity contribution in [1.29, 1.82) is 0 Å². The van der Waals surface area contributed by atoms with E-state index in [2.05, 4.69) is 4.98 Å². The zero-order chi connectivity index (χ0) is 14.7. The molecule has 3 heterocycles. The van der Waals surface area contributed by atoms with Gasteiger partial charge in [0.1, 0.15) is 17.3 Å². The Hall–Kier alpha value is -2.40. The first-order valence-corrected chi connectivity index (χ1v) is 7.44. The van der Waals surface area contributed by atoms with Crippen molar-refractivity contribution in [2.75, 3.05) is 4.90 Å². The number of hydrogen-bond donors (Lipinski definition) is 0. The third kappa shape index (κ3) is 3.03. The maximum Gasteiger partial charge on any atom is 0.269 e. The molecule has 0 aliphatic heterocycles. The minimum Gasteiger partial charge on any atom is -0.464 e. The molecule has 3 aromatic heterocycles. The van der Waals surface area contributed by atoms with Gasteiger partial charge in [0.15, 0.2) is 0 Å². The summed E-state index contributed by atoms with van der Waals surface area (Å²) in [6.45, 7) is 2.25. The van der Waals surface area contributed by atoms with Gasteiger partial charge in [-0.25, -0.2) is 4.98 Å². The molecule has 3 aromatic rings. The monoisotopic (exact) mass is 298 g/mol. The second kappa shape index (κ2) is 5.93. The fraction of sp³-hybridized carbons (Fsp3) is 0.125. The van der Waals surface area contributed by atoms with E-state index < -0.39 is 0 Å². The fourth-order valence-corrected chi connectivity index (χ4v) is 2.70. The van der Waals surface area contributed by atoms with Crippen molar-refractivity contribution in [2.24, 2.45) is 0 Å². The third-order valence-corrected chi connectivity index (χ3v) is 3.87. The summed E-state index contributed by atoms with van der Waals surface area (Å²) in [6, 6.07) is 13.0. The van der Waals surface area contributed by atoms with Crippen LogP contribution in [-0.4, -0.2) is 10.9 Å². The first-order valence-electron chi connectivity index (χ1n) is 6.56. The van der Waals surface area contributed by atoms with Gasteiger partial charge in [-0.05, 0) is 42.6 Å². The first-order chi connectivity index (χ1) is 10.2. The predicted octanol–water partition coefficient (Wildman–Crippen LogP) is 3.89. The van der Waals surface area contributed by atoms with Crippen molar-refractivity contribution < 1.29 is 9.21 Å². The fourth-order valence-electron chi connectivity index (χ4n) is 2.03. The van der Waals surface area contributed by atoms with Crippen molar-refractivity contribution in [1.82, 2.24) is 4.98 Å². The van der Waals surface area contributed by atoms with E-state index in [0.717, 1.165) is 11.5 Å². The summed E-state index contributed by atoms with van der Waals surface area (Å²) < 4.78 is 5.58. The molecule has 21 heavy (non-hydrogen) atoms. The van der Waals surface area contributed by atoms with Gasteiger partial charge in [-0.15, -0.1) is 11.3 Å². The summed E-state index contributed by atoms with van der Waals surface area (Å²) in [6.07, 6.45) is 1.68. The van der Waals surface area contributed by atoms with Gasteiger partial charge in [-0.3, -0.25) is 9.69 Å². The molecule has 3 rings (SSSR count). The number of thiophene rings is 1. The van der Waals surface area contributed by atoms with Gasteiger partial charge in [-0.1, -0.05) is 12.1 Å². The Kier molecular flexibility index (Phi) is 3.83. The van der Waals surface area contributed by atoms with Crippen LogP contribution in [0.1, 0.15) is 21.2 Å². The third-order valence-electron chi connectivity index (χ3n) is 3.01. The number of nitrogens with zero attached hydrogens (tertiary/aromatic N) is 2. The van der Waals surface area contributed by atoms with Gasteiger partial charge in [0.2, 0.25) is 0 Å². The molecule has 0 fully saturated rings. The van der Waals surface area contributed by atoms with E-state index in [1.54, 1.807) is 11.1 Å². The molecule has 0 atom stereocenters. The lowest BCUT2D eigenvalue weighted by atomic mass is 10.3. The Morgan fingerprint density at radius 1 is 1.24 bits per heavy atom. The predicted molar refractivity (Wildman–Crippen MR) is 82.5 cm³/mol. The van der Waals surface area contributed by atoms with Crippen LogP contribution in [0.5, 0.6) is 0 Å². The second-order valence-corrected chi connectivity index (χ2v) is 5.52. The van der Waals surface area contributed by atoms with E-state index in [-0.39, 0.29) is 5.91 Å². The first kappa shape index (κ1) is 13.6.